The first kappa shape index (κ1) is 16.6. The van der Waals surface area contributed by atoms with Crippen molar-refractivity contribution in [3.63, 3.8) is 0 Å². The number of thiazole rings is 1. The number of ether oxygens (including phenoxy) is 1. The molecule has 0 aliphatic rings. The molecule has 1 aromatic carbocycles. The lowest BCUT2D eigenvalue weighted by molar-refractivity contribution is -0.385. The predicted molar refractivity (Wildman–Crippen MR) is 86.9 cm³/mol. The molecular formula is C15H15N3O4S. The molecule has 0 unspecified atom stereocenters. The lowest BCUT2D eigenvalue weighted by Gasteiger charge is -2.01. The smallest absolute Gasteiger partial charge is 0.349 e. The van der Waals surface area contributed by atoms with E-state index in [2.05, 4.69) is 11.6 Å². The third-order valence-electron chi connectivity index (χ3n) is 2.93. The molecule has 0 saturated carbocycles. The number of rotatable bonds is 5. The van der Waals surface area contributed by atoms with Crippen LogP contribution in [0.25, 0.3) is 5.70 Å². The molecule has 0 spiro atoms. The number of nitrogens with zero attached hydrogens (tertiary/aromatic N) is 3. The topological polar surface area (TPSA) is 86.7 Å². The molecule has 2 aromatic rings. The lowest BCUT2D eigenvalue weighted by atomic mass is 10.1. The van der Waals surface area contributed by atoms with Crippen molar-refractivity contribution in [3.8, 4) is 0 Å². The van der Waals surface area contributed by atoms with Crippen LogP contribution in [0.5, 0.6) is 0 Å². The Kier molecular flexibility index (Phi) is 5.07. The van der Waals surface area contributed by atoms with E-state index in [0.717, 1.165) is 11.3 Å². The van der Waals surface area contributed by atoms with Gasteiger partial charge >= 0.3 is 5.97 Å². The van der Waals surface area contributed by atoms with Crippen LogP contribution in [-0.2, 0) is 11.8 Å². The molecule has 0 aliphatic heterocycles. The Bertz CT molecular complexity index is 835. The second-order valence-electron chi connectivity index (χ2n) is 4.54. The second-order valence-corrected chi connectivity index (χ2v) is 5.55. The van der Waals surface area contributed by atoms with E-state index >= 15 is 0 Å². The minimum atomic E-state index is -0.478. The van der Waals surface area contributed by atoms with Crippen LogP contribution in [0.3, 0.4) is 0 Å². The molecule has 120 valence electrons. The maximum atomic E-state index is 11.7. The van der Waals surface area contributed by atoms with Gasteiger partial charge in [-0.25, -0.2) is 9.79 Å². The molecule has 0 radical (unpaired) electrons. The molecule has 2 rings (SSSR count). The number of hydrogen-bond acceptors (Lipinski definition) is 6. The molecule has 0 aliphatic carbocycles. The number of aryl methyl sites for hydroxylation is 1. The van der Waals surface area contributed by atoms with Crippen LogP contribution in [0.4, 0.5) is 5.69 Å². The van der Waals surface area contributed by atoms with E-state index in [-0.39, 0.29) is 18.0 Å². The van der Waals surface area contributed by atoms with Crippen molar-refractivity contribution in [2.24, 2.45) is 12.0 Å². The van der Waals surface area contributed by atoms with Crippen LogP contribution in [0.15, 0.2) is 42.0 Å². The van der Waals surface area contributed by atoms with Crippen LogP contribution >= 0.6 is 11.3 Å². The minimum absolute atomic E-state index is 0.0638. The molecule has 7 nitrogen and oxygen atoms in total. The van der Waals surface area contributed by atoms with E-state index < -0.39 is 10.9 Å². The zero-order valence-electron chi connectivity index (χ0n) is 12.7. The zero-order chi connectivity index (χ0) is 17.0. The Morgan fingerprint density at radius 2 is 2.17 bits per heavy atom. The van der Waals surface area contributed by atoms with E-state index in [1.54, 1.807) is 42.9 Å². The number of carbonyl (C=O) groups is 1. The third kappa shape index (κ3) is 3.72. The van der Waals surface area contributed by atoms with Gasteiger partial charge in [0.25, 0.3) is 5.69 Å². The molecule has 0 fully saturated rings. The summed E-state index contributed by atoms with van der Waals surface area (Å²) in [6.07, 6.45) is 1.61. The van der Waals surface area contributed by atoms with E-state index in [1.807, 2.05) is 0 Å². The molecule has 0 amide bonds. The summed E-state index contributed by atoms with van der Waals surface area (Å²) in [7, 11) is 1.73. The van der Waals surface area contributed by atoms with Gasteiger partial charge in [-0.05, 0) is 13.0 Å². The Labute approximate surface area is 136 Å². The van der Waals surface area contributed by atoms with Gasteiger partial charge < -0.3 is 9.30 Å². The molecule has 0 N–H and O–H groups in total. The maximum Gasteiger partial charge on any atom is 0.349 e. The fourth-order valence-corrected chi connectivity index (χ4v) is 2.78. The summed E-state index contributed by atoms with van der Waals surface area (Å²) in [5, 5.41) is 11.1. The highest BCUT2D eigenvalue weighted by Crippen LogP contribution is 2.25. The average molecular weight is 333 g/mol. The monoisotopic (exact) mass is 333 g/mol. The summed E-state index contributed by atoms with van der Waals surface area (Å²) >= 11 is 1.14. The molecular weight excluding hydrogens is 318 g/mol. The summed E-state index contributed by atoms with van der Waals surface area (Å²) in [4.78, 5) is 27.5. The van der Waals surface area contributed by atoms with Crippen LogP contribution < -0.4 is 4.80 Å². The summed E-state index contributed by atoms with van der Waals surface area (Å²) in [5.41, 5.74) is 0.528. The van der Waals surface area contributed by atoms with Crippen molar-refractivity contribution >= 4 is 28.7 Å². The number of carbonyl (C=O) groups excluding carboxylic acids is 1. The quantitative estimate of drug-likeness (QED) is 0.478. The molecule has 1 aromatic heterocycles. The molecule has 0 saturated heterocycles. The van der Waals surface area contributed by atoms with E-state index in [4.69, 9.17) is 4.74 Å². The molecule has 0 atom stereocenters. The number of hydrogen-bond donors (Lipinski definition) is 0. The van der Waals surface area contributed by atoms with Gasteiger partial charge in [-0.3, -0.25) is 10.1 Å². The van der Waals surface area contributed by atoms with Crippen molar-refractivity contribution in [2.45, 2.75) is 6.92 Å². The van der Waals surface area contributed by atoms with Gasteiger partial charge in [0.15, 0.2) is 4.80 Å². The van der Waals surface area contributed by atoms with Gasteiger partial charge in [-0.2, -0.15) is 0 Å². The Hall–Kier alpha value is -2.74. The van der Waals surface area contributed by atoms with Gasteiger partial charge in [-0.1, -0.05) is 30.0 Å². The van der Waals surface area contributed by atoms with Gasteiger partial charge in [0.05, 0.1) is 22.8 Å². The highest BCUT2D eigenvalue weighted by molar-refractivity contribution is 7.11. The van der Waals surface area contributed by atoms with E-state index in [1.165, 1.54) is 6.07 Å². The SMILES string of the molecule is C=C(N=c1sc(C(=O)OCC)cn1C)c1ccccc1[N+](=O)[O-]. The van der Waals surface area contributed by atoms with Crippen LogP contribution in [0.2, 0.25) is 0 Å². The Morgan fingerprint density at radius 1 is 1.48 bits per heavy atom. The molecule has 23 heavy (non-hydrogen) atoms. The van der Waals surface area contributed by atoms with Crippen molar-refractivity contribution in [1.82, 2.24) is 4.57 Å². The van der Waals surface area contributed by atoms with Gasteiger partial charge in [-0.15, -0.1) is 0 Å². The van der Waals surface area contributed by atoms with E-state index in [0.29, 0.717) is 15.2 Å². The van der Waals surface area contributed by atoms with Crippen LogP contribution in [0, 0.1) is 10.1 Å². The standard InChI is InChI=1S/C15H15N3O4S/c1-4-22-14(19)13-9-17(3)15(23-13)16-10(2)11-7-5-6-8-12(11)18(20)21/h5-9H,2,4H2,1,3H3. The van der Waals surface area contributed by atoms with Crippen molar-refractivity contribution in [3.05, 3.63) is 62.4 Å². The fraction of sp³-hybridized carbons (Fsp3) is 0.200. The average Bonchev–Trinajstić information content (AvgIpc) is 2.88. The lowest BCUT2D eigenvalue weighted by Crippen LogP contribution is -2.09. The summed E-state index contributed by atoms with van der Waals surface area (Å²) < 4.78 is 6.59. The number of para-hydroxylation sites is 1. The van der Waals surface area contributed by atoms with Crippen molar-refractivity contribution in [2.75, 3.05) is 6.61 Å². The predicted octanol–water partition coefficient (Wildman–Crippen LogP) is 2.74. The zero-order valence-corrected chi connectivity index (χ0v) is 13.5. The highest BCUT2D eigenvalue weighted by atomic mass is 32.1. The number of nitro groups is 1. The van der Waals surface area contributed by atoms with Crippen molar-refractivity contribution in [1.29, 1.82) is 0 Å². The van der Waals surface area contributed by atoms with Crippen LogP contribution in [-0.4, -0.2) is 22.1 Å². The second kappa shape index (κ2) is 7.01. The summed E-state index contributed by atoms with van der Waals surface area (Å²) in [6, 6.07) is 6.25. The van der Waals surface area contributed by atoms with Crippen molar-refractivity contribution < 1.29 is 14.5 Å². The first-order chi connectivity index (χ1) is 10.9. The number of nitro benzene ring substituents is 1. The normalized spacial score (nSPS) is 11.3. The summed E-state index contributed by atoms with van der Waals surface area (Å²) in [6.45, 7) is 5.82. The first-order valence-electron chi connectivity index (χ1n) is 6.75. The minimum Gasteiger partial charge on any atom is -0.462 e. The Morgan fingerprint density at radius 3 is 2.83 bits per heavy atom. The van der Waals surface area contributed by atoms with E-state index in [9.17, 15) is 14.9 Å². The molecule has 1 heterocycles. The molecule has 0 bridgehead atoms. The first-order valence-corrected chi connectivity index (χ1v) is 7.56. The molecule has 8 heteroatoms. The number of esters is 1. The van der Waals surface area contributed by atoms with Gasteiger partial charge in [0.2, 0.25) is 0 Å². The number of benzene rings is 1. The number of aromatic nitrogens is 1. The van der Waals surface area contributed by atoms with Crippen LogP contribution in [0.1, 0.15) is 22.2 Å². The maximum absolute atomic E-state index is 11.7. The third-order valence-corrected chi connectivity index (χ3v) is 3.99. The fourth-order valence-electron chi connectivity index (χ4n) is 1.88. The van der Waals surface area contributed by atoms with Gasteiger partial charge in [0.1, 0.15) is 4.88 Å². The highest BCUT2D eigenvalue weighted by Gasteiger charge is 2.15. The summed E-state index contributed by atoms with van der Waals surface area (Å²) in [5.74, 6) is -0.425. The van der Waals surface area contributed by atoms with Gasteiger partial charge in [0, 0.05) is 19.3 Å². The Balaban J connectivity index is 2.41. The largest absolute Gasteiger partial charge is 0.462 e.